The molecule has 1 aliphatic rings. The molecule has 29 heavy (non-hydrogen) atoms. The predicted molar refractivity (Wildman–Crippen MR) is 115 cm³/mol. The Hall–Kier alpha value is -2.75. The maximum atomic E-state index is 12.5. The molecule has 0 spiro atoms. The van der Waals surface area contributed by atoms with E-state index in [1.807, 2.05) is 11.8 Å². The molecule has 9 nitrogen and oxygen atoms in total. The van der Waals surface area contributed by atoms with Crippen LogP contribution in [0.1, 0.15) is 17.1 Å². The molecule has 1 aliphatic heterocycles. The second-order valence-corrected chi connectivity index (χ2v) is 7.76. The third kappa shape index (κ3) is 6.38. The number of aromatic nitrogens is 3. The minimum Gasteiger partial charge on any atom is -0.356 e. The van der Waals surface area contributed by atoms with Gasteiger partial charge in [-0.3, -0.25) is 9.79 Å². The van der Waals surface area contributed by atoms with E-state index in [4.69, 9.17) is 0 Å². The molecular weight excluding hydrogens is 388 g/mol. The molecule has 1 fully saturated rings. The second kappa shape index (κ2) is 10.7. The summed E-state index contributed by atoms with van der Waals surface area (Å²) in [5, 5.41) is 9.63. The minimum atomic E-state index is 0.152. The number of rotatable bonds is 7. The highest BCUT2D eigenvalue weighted by Gasteiger charge is 2.22. The van der Waals surface area contributed by atoms with Crippen LogP contribution in [-0.4, -0.2) is 78.0 Å². The number of nitrogens with one attached hydrogen (secondary N) is 2. The van der Waals surface area contributed by atoms with Crippen LogP contribution in [0.5, 0.6) is 0 Å². The molecule has 0 atom stereocenters. The van der Waals surface area contributed by atoms with Gasteiger partial charge in [-0.05, 0) is 13.0 Å². The number of hydrogen-bond donors (Lipinski definition) is 2. The van der Waals surface area contributed by atoms with Crippen molar-refractivity contribution in [2.45, 2.75) is 19.8 Å². The van der Waals surface area contributed by atoms with Gasteiger partial charge >= 0.3 is 0 Å². The van der Waals surface area contributed by atoms with Crippen LogP contribution < -0.4 is 15.5 Å². The number of hydrogen-bond acceptors (Lipinski definition) is 7. The molecule has 0 bridgehead atoms. The highest BCUT2D eigenvalue weighted by Crippen LogP contribution is 2.10. The molecular formula is C19H28N8OS. The lowest BCUT2D eigenvalue weighted by Crippen LogP contribution is -2.50. The molecule has 10 heteroatoms. The van der Waals surface area contributed by atoms with Crippen LogP contribution >= 0.6 is 11.3 Å². The number of nitrogens with zero attached hydrogens (tertiary/aromatic N) is 6. The number of aliphatic imine (C=N–C) groups is 1. The van der Waals surface area contributed by atoms with Crippen LogP contribution in [0.15, 0.2) is 28.8 Å². The molecule has 0 aliphatic carbocycles. The summed E-state index contributed by atoms with van der Waals surface area (Å²) in [5.74, 6) is 1.58. The second-order valence-electron chi connectivity index (χ2n) is 6.70. The zero-order valence-electron chi connectivity index (χ0n) is 17.0. The summed E-state index contributed by atoms with van der Waals surface area (Å²) in [7, 11) is 1.73. The van der Waals surface area contributed by atoms with Crippen molar-refractivity contribution in [1.82, 2.24) is 30.5 Å². The maximum Gasteiger partial charge on any atom is 0.225 e. The van der Waals surface area contributed by atoms with E-state index in [0.29, 0.717) is 32.0 Å². The van der Waals surface area contributed by atoms with E-state index in [9.17, 15) is 4.79 Å². The first-order chi connectivity index (χ1) is 14.2. The summed E-state index contributed by atoms with van der Waals surface area (Å²) >= 11 is 1.66. The fourth-order valence-electron chi connectivity index (χ4n) is 3.11. The molecule has 0 aromatic carbocycles. The Morgan fingerprint density at radius 3 is 2.55 bits per heavy atom. The number of anilines is 1. The quantitative estimate of drug-likeness (QED) is 0.506. The topological polar surface area (TPSA) is 98.6 Å². The summed E-state index contributed by atoms with van der Waals surface area (Å²) in [6, 6.07) is 1.80. The van der Waals surface area contributed by atoms with Crippen molar-refractivity contribution >= 4 is 29.2 Å². The predicted octanol–water partition coefficient (Wildman–Crippen LogP) is 0.688. The van der Waals surface area contributed by atoms with Crippen LogP contribution in [0.25, 0.3) is 0 Å². The van der Waals surface area contributed by atoms with Gasteiger partial charge in [0.15, 0.2) is 5.96 Å². The van der Waals surface area contributed by atoms with Gasteiger partial charge in [0, 0.05) is 76.9 Å². The molecule has 156 valence electrons. The number of amides is 1. The zero-order valence-corrected chi connectivity index (χ0v) is 17.8. The lowest BCUT2D eigenvalue weighted by molar-refractivity contribution is -0.131. The highest BCUT2D eigenvalue weighted by molar-refractivity contribution is 7.09. The molecule has 2 aromatic rings. The Balaban J connectivity index is 1.32. The monoisotopic (exact) mass is 416 g/mol. The van der Waals surface area contributed by atoms with E-state index >= 15 is 0 Å². The first kappa shape index (κ1) is 21.0. The van der Waals surface area contributed by atoms with Crippen LogP contribution in [0.4, 0.5) is 5.95 Å². The van der Waals surface area contributed by atoms with Gasteiger partial charge in [-0.25, -0.2) is 15.0 Å². The van der Waals surface area contributed by atoms with E-state index in [0.717, 1.165) is 42.7 Å². The van der Waals surface area contributed by atoms with Crippen LogP contribution in [0, 0.1) is 6.92 Å². The van der Waals surface area contributed by atoms with Gasteiger partial charge in [-0.1, -0.05) is 0 Å². The average Bonchev–Trinajstić information content (AvgIpc) is 3.18. The van der Waals surface area contributed by atoms with E-state index in [2.05, 4.69) is 40.9 Å². The zero-order chi connectivity index (χ0) is 20.5. The van der Waals surface area contributed by atoms with E-state index in [1.165, 1.54) is 0 Å². The van der Waals surface area contributed by atoms with Crippen molar-refractivity contribution in [3.8, 4) is 0 Å². The maximum absolute atomic E-state index is 12.5. The Bertz CT molecular complexity index is 802. The molecule has 0 unspecified atom stereocenters. The Morgan fingerprint density at radius 2 is 1.90 bits per heavy atom. The van der Waals surface area contributed by atoms with Crippen molar-refractivity contribution in [2.75, 3.05) is 51.2 Å². The van der Waals surface area contributed by atoms with E-state index < -0.39 is 0 Å². The molecule has 2 N–H and O–H groups in total. The van der Waals surface area contributed by atoms with Gasteiger partial charge in [0.2, 0.25) is 11.9 Å². The standard InChI is InChI=1S/C19H28N8OS/c1-15-25-16(14-29-15)4-8-21-18(20-2)22-9-5-17(28)26-10-12-27(13-11-26)19-23-6-3-7-24-19/h3,6-7,14H,4-5,8-13H2,1-2H3,(H2,20,21,22). The number of carbonyl (C=O) groups excluding carboxylic acids is 1. The van der Waals surface area contributed by atoms with E-state index in [1.54, 1.807) is 36.8 Å². The van der Waals surface area contributed by atoms with Gasteiger partial charge in [-0.15, -0.1) is 11.3 Å². The Kier molecular flexibility index (Phi) is 7.74. The fraction of sp³-hybridized carbons (Fsp3) is 0.526. The van der Waals surface area contributed by atoms with Crippen molar-refractivity contribution in [3.63, 3.8) is 0 Å². The summed E-state index contributed by atoms with van der Waals surface area (Å²) in [4.78, 5) is 33.7. The van der Waals surface area contributed by atoms with Gasteiger partial charge in [0.25, 0.3) is 0 Å². The summed E-state index contributed by atoms with van der Waals surface area (Å²) in [5.41, 5.74) is 1.09. The van der Waals surface area contributed by atoms with Gasteiger partial charge in [0.1, 0.15) is 0 Å². The largest absolute Gasteiger partial charge is 0.356 e. The molecule has 2 aromatic heterocycles. The number of thiazole rings is 1. The van der Waals surface area contributed by atoms with Crippen LogP contribution in [0.3, 0.4) is 0 Å². The Labute approximate surface area is 175 Å². The molecule has 0 radical (unpaired) electrons. The minimum absolute atomic E-state index is 0.152. The smallest absolute Gasteiger partial charge is 0.225 e. The first-order valence-electron chi connectivity index (χ1n) is 9.81. The first-order valence-corrected chi connectivity index (χ1v) is 10.7. The fourth-order valence-corrected chi connectivity index (χ4v) is 3.76. The van der Waals surface area contributed by atoms with Gasteiger partial charge in [0.05, 0.1) is 10.7 Å². The summed E-state index contributed by atoms with van der Waals surface area (Å²) in [6.07, 6.45) is 4.77. The molecule has 1 saturated heterocycles. The highest BCUT2D eigenvalue weighted by atomic mass is 32.1. The van der Waals surface area contributed by atoms with Crippen molar-refractivity contribution in [3.05, 3.63) is 34.5 Å². The lowest BCUT2D eigenvalue weighted by Gasteiger charge is -2.34. The molecule has 3 heterocycles. The summed E-state index contributed by atoms with van der Waals surface area (Å²) < 4.78 is 0. The number of piperazine rings is 1. The SMILES string of the molecule is CN=C(NCCC(=O)N1CCN(c2ncccn2)CC1)NCCc1csc(C)n1. The number of carbonyl (C=O) groups is 1. The number of guanidine groups is 1. The van der Waals surface area contributed by atoms with Crippen LogP contribution in [-0.2, 0) is 11.2 Å². The lowest BCUT2D eigenvalue weighted by atomic mass is 10.3. The molecule has 0 saturated carbocycles. The molecule has 1 amide bonds. The third-order valence-corrected chi connectivity index (χ3v) is 5.48. The number of aryl methyl sites for hydroxylation is 1. The third-order valence-electron chi connectivity index (χ3n) is 4.66. The van der Waals surface area contributed by atoms with Crippen molar-refractivity contribution in [2.24, 2.45) is 4.99 Å². The van der Waals surface area contributed by atoms with Crippen molar-refractivity contribution < 1.29 is 4.79 Å². The molecule has 3 rings (SSSR count). The van der Waals surface area contributed by atoms with Crippen molar-refractivity contribution in [1.29, 1.82) is 0 Å². The summed E-state index contributed by atoms with van der Waals surface area (Å²) in [6.45, 7) is 6.20. The van der Waals surface area contributed by atoms with E-state index in [-0.39, 0.29) is 5.91 Å². The normalized spacial score (nSPS) is 14.8. The van der Waals surface area contributed by atoms with Crippen LogP contribution in [0.2, 0.25) is 0 Å². The Morgan fingerprint density at radius 1 is 1.17 bits per heavy atom. The van der Waals surface area contributed by atoms with Gasteiger partial charge < -0.3 is 20.4 Å². The van der Waals surface area contributed by atoms with Gasteiger partial charge in [-0.2, -0.15) is 0 Å². The average molecular weight is 417 g/mol.